The lowest BCUT2D eigenvalue weighted by Gasteiger charge is -2.01. The van der Waals surface area contributed by atoms with E-state index >= 15 is 0 Å². The summed E-state index contributed by atoms with van der Waals surface area (Å²) in [6.07, 6.45) is 0. The van der Waals surface area contributed by atoms with E-state index in [1.54, 1.807) is 0 Å². The van der Waals surface area contributed by atoms with Gasteiger partial charge >= 0.3 is 0 Å². The standard InChI is InChI=1S/C11H10ClN/c12-13-8-9-5-6-10-3-1-2-4-11(10)7-9/h1-7,13H,8H2. The fourth-order valence-corrected chi connectivity index (χ4v) is 1.58. The first-order chi connectivity index (χ1) is 6.40. The monoisotopic (exact) mass is 191 g/mol. The highest BCUT2D eigenvalue weighted by Crippen LogP contribution is 2.15. The second-order valence-electron chi connectivity index (χ2n) is 2.99. The van der Waals surface area contributed by atoms with E-state index in [1.807, 2.05) is 12.1 Å². The van der Waals surface area contributed by atoms with Gasteiger partial charge in [-0.05, 0) is 34.2 Å². The highest BCUT2D eigenvalue weighted by atomic mass is 35.5. The normalized spacial score (nSPS) is 10.5. The average molecular weight is 192 g/mol. The lowest BCUT2D eigenvalue weighted by atomic mass is 10.1. The molecule has 0 saturated carbocycles. The van der Waals surface area contributed by atoms with Crippen molar-refractivity contribution < 1.29 is 0 Å². The van der Waals surface area contributed by atoms with Crippen molar-refractivity contribution in [3.05, 3.63) is 48.0 Å². The summed E-state index contributed by atoms with van der Waals surface area (Å²) in [6.45, 7) is 0.701. The van der Waals surface area contributed by atoms with Crippen molar-refractivity contribution >= 4 is 22.5 Å². The van der Waals surface area contributed by atoms with Crippen LogP contribution in [0.3, 0.4) is 0 Å². The maximum absolute atomic E-state index is 5.44. The van der Waals surface area contributed by atoms with E-state index in [9.17, 15) is 0 Å². The summed E-state index contributed by atoms with van der Waals surface area (Å²) >= 11 is 5.44. The van der Waals surface area contributed by atoms with E-state index in [0.717, 1.165) is 0 Å². The summed E-state index contributed by atoms with van der Waals surface area (Å²) in [7, 11) is 0. The van der Waals surface area contributed by atoms with Gasteiger partial charge in [-0.2, -0.15) is 0 Å². The Balaban J connectivity index is 2.49. The highest BCUT2D eigenvalue weighted by Gasteiger charge is 1.94. The zero-order valence-electron chi connectivity index (χ0n) is 7.13. The third-order valence-corrected chi connectivity index (χ3v) is 2.22. The molecule has 0 spiro atoms. The Labute approximate surface area is 82.4 Å². The van der Waals surface area contributed by atoms with Gasteiger partial charge in [0, 0.05) is 6.54 Å². The lowest BCUT2D eigenvalue weighted by Crippen LogP contribution is -1.97. The van der Waals surface area contributed by atoms with Crippen LogP contribution in [0.15, 0.2) is 42.5 Å². The van der Waals surface area contributed by atoms with Crippen molar-refractivity contribution in [1.82, 2.24) is 4.84 Å². The molecule has 2 aromatic carbocycles. The molecule has 0 atom stereocenters. The molecule has 1 N–H and O–H groups in total. The molecule has 0 aliphatic rings. The molecule has 0 aromatic heterocycles. The van der Waals surface area contributed by atoms with Gasteiger partial charge < -0.3 is 0 Å². The van der Waals surface area contributed by atoms with Crippen molar-refractivity contribution in [2.75, 3.05) is 0 Å². The third-order valence-electron chi connectivity index (χ3n) is 2.08. The maximum atomic E-state index is 5.44. The number of nitrogens with one attached hydrogen (secondary N) is 1. The van der Waals surface area contributed by atoms with Gasteiger partial charge in [-0.15, -0.1) is 0 Å². The molecular formula is C11H10ClN. The predicted molar refractivity (Wildman–Crippen MR) is 56.6 cm³/mol. The third kappa shape index (κ3) is 1.82. The SMILES string of the molecule is ClNCc1ccc2ccccc2c1. The van der Waals surface area contributed by atoms with Gasteiger partial charge in [0.2, 0.25) is 0 Å². The molecule has 0 aliphatic heterocycles. The first kappa shape index (κ1) is 8.54. The first-order valence-corrected chi connectivity index (χ1v) is 4.59. The summed E-state index contributed by atoms with van der Waals surface area (Å²) in [5, 5.41) is 2.52. The summed E-state index contributed by atoms with van der Waals surface area (Å²) in [6, 6.07) is 14.6. The number of rotatable bonds is 2. The van der Waals surface area contributed by atoms with Crippen LogP contribution in [0.5, 0.6) is 0 Å². The van der Waals surface area contributed by atoms with Crippen LogP contribution in [-0.4, -0.2) is 0 Å². The molecule has 1 nitrogen and oxygen atoms in total. The molecule has 66 valence electrons. The summed E-state index contributed by atoms with van der Waals surface area (Å²) in [5.74, 6) is 0. The van der Waals surface area contributed by atoms with Gasteiger partial charge in [0.1, 0.15) is 0 Å². The Hall–Kier alpha value is -1.05. The number of hydrogen-bond acceptors (Lipinski definition) is 1. The zero-order chi connectivity index (χ0) is 9.10. The topological polar surface area (TPSA) is 12.0 Å². The number of hydrogen-bond donors (Lipinski definition) is 1. The minimum atomic E-state index is 0.701. The number of benzene rings is 2. The van der Waals surface area contributed by atoms with E-state index in [2.05, 4.69) is 35.2 Å². The molecule has 0 saturated heterocycles. The van der Waals surface area contributed by atoms with Crippen LogP contribution in [-0.2, 0) is 6.54 Å². The van der Waals surface area contributed by atoms with Crippen molar-refractivity contribution in [1.29, 1.82) is 0 Å². The smallest absolute Gasteiger partial charge is 0.0359 e. The van der Waals surface area contributed by atoms with Crippen molar-refractivity contribution in [3.8, 4) is 0 Å². The van der Waals surface area contributed by atoms with Crippen LogP contribution in [0.4, 0.5) is 0 Å². The van der Waals surface area contributed by atoms with E-state index in [1.165, 1.54) is 16.3 Å². The maximum Gasteiger partial charge on any atom is 0.0359 e. The summed E-state index contributed by atoms with van der Waals surface area (Å²) in [4.78, 5) is 2.62. The fraction of sp³-hybridized carbons (Fsp3) is 0.0909. The predicted octanol–water partition coefficient (Wildman–Crippen LogP) is 3.08. The first-order valence-electron chi connectivity index (χ1n) is 4.21. The Morgan fingerprint density at radius 3 is 2.54 bits per heavy atom. The van der Waals surface area contributed by atoms with E-state index < -0.39 is 0 Å². The zero-order valence-corrected chi connectivity index (χ0v) is 7.88. The van der Waals surface area contributed by atoms with Crippen LogP contribution in [0, 0.1) is 0 Å². The van der Waals surface area contributed by atoms with Crippen molar-refractivity contribution in [2.45, 2.75) is 6.54 Å². The Bertz CT molecular complexity index is 412. The minimum Gasteiger partial charge on any atom is -0.229 e. The second-order valence-corrected chi connectivity index (χ2v) is 3.26. The Morgan fingerprint density at radius 2 is 1.77 bits per heavy atom. The second kappa shape index (κ2) is 3.77. The van der Waals surface area contributed by atoms with E-state index in [0.29, 0.717) is 6.54 Å². The minimum absolute atomic E-state index is 0.701. The van der Waals surface area contributed by atoms with Crippen LogP contribution in [0.25, 0.3) is 10.8 Å². The largest absolute Gasteiger partial charge is 0.229 e. The number of halogens is 1. The van der Waals surface area contributed by atoms with E-state index in [4.69, 9.17) is 11.8 Å². The van der Waals surface area contributed by atoms with Crippen LogP contribution in [0.2, 0.25) is 0 Å². The number of fused-ring (bicyclic) bond motifs is 1. The molecule has 2 heteroatoms. The van der Waals surface area contributed by atoms with Gasteiger partial charge in [-0.25, -0.2) is 4.84 Å². The van der Waals surface area contributed by atoms with Gasteiger partial charge in [0.25, 0.3) is 0 Å². The summed E-state index contributed by atoms with van der Waals surface area (Å²) in [5.41, 5.74) is 1.20. The molecule has 0 bridgehead atoms. The molecule has 13 heavy (non-hydrogen) atoms. The quantitative estimate of drug-likeness (QED) is 0.720. The average Bonchev–Trinajstić information content (AvgIpc) is 2.18. The fourth-order valence-electron chi connectivity index (χ4n) is 1.43. The molecule has 2 aromatic rings. The van der Waals surface area contributed by atoms with Gasteiger partial charge in [-0.3, -0.25) is 0 Å². The van der Waals surface area contributed by atoms with Gasteiger partial charge in [0.05, 0.1) is 0 Å². The molecule has 0 fully saturated rings. The van der Waals surface area contributed by atoms with E-state index in [-0.39, 0.29) is 0 Å². The molecule has 0 amide bonds. The highest BCUT2D eigenvalue weighted by molar-refractivity contribution is 6.13. The summed E-state index contributed by atoms with van der Waals surface area (Å²) < 4.78 is 0. The molecular weight excluding hydrogens is 182 g/mol. The Kier molecular flexibility index (Phi) is 2.48. The van der Waals surface area contributed by atoms with Crippen molar-refractivity contribution in [3.63, 3.8) is 0 Å². The van der Waals surface area contributed by atoms with Gasteiger partial charge in [-0.1, -0.05) is 36.4 Å². The van der Waals surface area contributed by atoms with Crippen LogP contribution >= 0.6 is 11.8 Å². The van der Waals surface area contributed by atoms with Crippen LogP contribution < -0.4 is 4.84 Å². The van der Waals surface area contributed by atoms with Gasteiger partial charge in [0.15, 0.2) is 0 Å². The Morgan fingerprint density at radius 1 is 1.00 bits per heavy atom. The lowest BCUT2D eigenvalue weighted by molar-refractivity contribution is 0.966. The van der Waals surface area contributed by atoms with Crippen LogP contribution in [0.1, 0.15) is 5.56 Å². The molecule has 0 unspecified atom stereocenters. The molecule has 0 aliphatic carbocycles. The molecule has 2 rings (SSSR count). The molecule has 0 heterocycles. The molecule has 0 radical (unpaired) electrons. The van der Waals surface area contributed by atoms with Crippen molar-refractivity contribution in [2.24, 2.45) is 0 Å².